The highest BCUT2D eigenvalue weighted by Gasteiger charge is 2.18. The standard InChI is InChI=1S/C14H12N4O2S/c1-8-12(9(2)20-18-8)13(19)17-14-16-11(7-21-14)10-3-5-15-6-4-10/h3-7H,1-2H3,(H,16,17,19). The number of aryl methyl sites for hydroxylation is 2. The van der Waals surface area contributed by atoms with Crippen molar-refractivity contribution in [2.45, 2.75) is 13.8 Å². The van der Waals surface area contributed by atoms with Crippen LogP contribution in [0.1, 0.15) is 21.8 Å². The monoisotopic (exact) mass is 300 g/mol. The largest absolute Gasteiger partial charge is 0.361 e. The van der Waals surface area contributed by atoms with Crippen molar-refractivity contribution in [2.75, 3.05) is 5.32 Å². The minimum absolute atomic E-state index is 0.262. The molecule has 3 aromatic heterocycles. The van der Waals surface area contributed by atoms with Gasteiger partial charge in [0.1, 0.15) is 11.3 Å². The molecule has 0 atom stereocenters. The molecule has 0 saturated heterocycles. The zero-order valence-corrected chi connectivity index (χ0v) is 12.3. The van der Waals surface area contributed by atoms with Crippen molar-refractivity contribution in [1.29, 1.82) is 0 Å². The highest BCUT2D eigenvalue weighted by Crippen LogP contribution is 2.25. The average Bonchev–Trinajstić information content (AvgIpc) is 3.07. The summed E-state index contributed by atoms with van der Waals surface area (Å²) < 4.78 is 4.99. The number of aromatic nitrogens is 3. The van der Waals surface area contributed by atoms with Crippen LogP contribution < -0.4 is 5.32 Å². The van der Waals surface area contributed by atoms with Crippen LogP contribution in [-0.4, -0.2) is 21.0 Å². The Morgan fingerprint density at radius 3 is 2.71 bits per heavy atom. The van der Waals surface area contributed by atoms with Gasteiger partial charge in [-0.15, -0.1) is 11.3 Å². The second kappa shape index (κ2) is 5.45. The van der Waals surface area contributed by atoms with Crippen molar-refractivity contribution < 1.29 is 9.32 Å². The second-order valence-electron chi connectivity index (χ2n) is 4.43. The zero-order valence-electron chi connectivity index (χ0n) is 11.5. The number of hydrogen-bond donors (Lipinski definition) is 1. The lowest BCUT2D eigenvalue weighted by Crippen LogP contribution is -2.13. The summed E-state index contributed by atoms with van der Waals surface area (Å²) in [6.45, 7) is 3.44. The number of amides is 1. The second-order valence-corrected chi connectivity index (χ2v) is 5.29. The summed E-state index contributed by atoms with van der Waals surface area (Å²) in [5.41, 5.74) is 2.78. The molecule has 3 rings (SSSR count). The van der Waals surface area contributed by atoms with Crippen molar-refractivity contribution in [3.8, 4) is 11.3 Å². The fourth-order valence-corrected chi connectivity index (χ4v) is 2.67. The van der Waals surface area contributed by atoms with Gasteiger partial charge in [0.25, 0.3) is 5.91 Å². The van der Waals surface area contributed by atoms with E-state index in [0.717, 1.165) is 11.3 Å². The molecule has 6 nitrogen and oxygen atoms in total. The Labute approximate surface area is 124 Å². The summed E-state index contributed by atoms with van der Waals surface area (Å²) in [5, 5.41) is 8.96. The van der Waals surface area contributed by atoms with E-state index in [1.165, 1.54) is 11.3 Å². The van der Waals surface area contributed by atoms with Crippen molar-refractivity contribution in [2.24, 2.45) is 0 Å². The molecule has 0 spiro atoms. The molecule has 106 valence electrons. The number of rotatable bonds is 3. The molecule has 3 aromatic rings. The van der Waals surface area contributed by atoms with Gasteiger partial charge in [0.15, 0.2) is 5.13 Å². The molecular formula is C14H12N4O2S. The molecule has 0 unspecified atom stereocenters. The maximum Gasteiger partial charge on any atom is 0.262 e. The topological polar surface area (TPSA) is 80.9 Å². The van der Waals surface area contributed by atoms with Crippen molar-refractivity contribution >= 4 is 22.4 Å². The van der Waals surface area contributed by atoms with E-state index in [-0.39, 0.29) is 5.91 Å². The van der Waals surface area contributed by atoms with Gasteiger partial charge in [-0.2, -0.15) is 0 Å². The molecule has 1 N–H and O–H groups in total. The molecule has 21 heavy (non-hydrogen) atoms. The minimum atomic E-state index is -0.262. The van der Waals surface area contributed by atoms with Gasteiger partial charge in [-0.05, 0) is 26.0 Å². The molecule has 0 bridgehead atoms. The maximum absolute atomic E-state index is 12.2. The van der Waals surface area contributed by atoms with Crippen LogP contribution in [0.3, 0.4) is 0 Å². The predicted octanol–water partition coefficient (Wildman–Crippen LogP) is 3.06. The highest BCUT2D eigenvalue weighted by molar-refractivity contribution is 7.14. The summed E-state index contributed by atoms with van der Waals surface area (Å²) >= 11 is 1.37. The van der Waals surface area contributed by atoms with Gasteiger partial charge in [-0.25, -0.2) is 4.98 Å². The van der Waals surface area contributed by atoms with E-state index in [9.17, 15) is 4.79 Å². The van der Waals surface area contributed by atoms with Crippen LogP contribution in [0.25, 0.3) is 11.3 Å². The molecule has 0 aliphatic heterocycles. The zero-order chi connectivity index (χ0) is 14.8. The van der Waals surface area contributed by atoms with Crippen molar-refractivity contribution in [1.82, 2.24) is 15.1 Å². The SMILES string of the molecule is Cc1noc(C)c1C(=O)Nc1nc(-c2ccncc2)cs1. The third-order valence-electron chi connectivity index (χ3n) is 2.96. The number of carbonyl (C=O) groups excluding carboxylic acids is 1. The molecule has 0 saturated carbocycles. The smallest absolute Gasteiger partial charge is 0.262 e. The molecule has 0 fully saturated rings. The first-order valence-corrected chi connectivity index (χ1v) is 7.13. The number of hydrogen-bond acceptors (Lipinski definition) is 6. The number of carbonyl (C=O) groups is 1. The van der Waals surface area contributed by atoms with Crippen LogP contribution in [0, 0.1) is 13.8 Å². The van der Waals surface area contributed by atoms with Crippen LogP contribution >= 0.6 is 11.3 Å². The van der Waals surface area contributed by atoms with Gasteiger partial charge in [0.05, 0.1) is 11.4 Å². The van der Waals surface area contributed by atoms with Gasteiger partial charge in [0, 0.05) is 23.3 Å². The Morgan fingerprint density at radius 2 is 2.05 bits per heavy atom. The molecule has 0 aromatic carbocycles. The van der Waals surface area contributed by atoms with Gasteiger partial charge in [-0.3, -0.25) is 15.1 Å². The lowest BCUT2D eigenvalue weighted by atomic mass is 10.2. The number of nitrogens with one attached hydrogen (secondary N) is 1. The van der Waals surface area contributed by atoms with E-state index in [2.05, 4.69) is 20.4 Å². The number of anilines is 1. The average molecular weight is 300 g/mol. The summed E-state index contributed by atoms with van der Waals surface area (Å²) in [6, 6.07) is 3.74. The van der Waals surface area contributed by atoms with Crippen LogP contribution in [0.15, 0.2) is 34.4 Å². The third-order valence-corrected chi connectivity index (χ3v) is 3.72. The molecule has 0 aliphatic carbocycles. The molecule has 0 radical (unpaired) electrons. The molecular weight excluding hydrogens is 288 g/mol. The van der Waals surface area contributed by atoms with E-state index in [1.54, 1.807) is 26.2 Å². The van der Waals surface area contributed by atoms with Crippen molar-refractivity contribution in [3.05, 3.63) is 46.9 Å². The van der Waals surface area contributed by atoms with E-state index >= 15 is 0 Å². The van der Waals surface area contributed by atoms with E-state index in [4.69, 9.17) is 4.52 Å². The molecule has 7 heteroatoms. The van der Waals surface area contributed by atoms with Crippen LogP contribution in [-0.2, 0) is 0 Å². The van der Waals surface area contributed by atoms with Gasteiger partial charge >= 0.3 is 0 Å². The van der Waals surface area contributed by atoms with Gasteiger partial charge in [-0.1, -0.05) is 5.16 Å². The summed E-state index contributed by atoms with van der Waals surface area (Å²) in [5.74, 6) is 0.234. The lowest BCUT2D eigenvalue weighted by Gasteiger charge is -2.00. The quantitative estimate of drug-likeness (QED) is 0.804. The molecule has 0 aliphatic rings. The molecule has 3 heterocycles. The van der Waals surface area contributed by atoms with Gasteiger partial charge in [0.2, 0.25) is 0 Å². The van der Waals surface area contributed by atoms with Crippen LogP contribution in [0.5, 0.6) is 0 Å². The summed E-state index contributed by atoms with van der Waals surface area (Å²) in [6.07, 6.45) is 3.41. The number of nitrogens with zero attached hydrogens (tertiary/aromatic N) is 3. The van der Waals surface area contributed by atoms with Crippen molar-refractivity contribution in [3.63, 3.8) is 0 Å². The third kappa shape index (κ3) is 2.68. The first kappa shape index (κ1) is 13.4. The van der Waals surface area contributed by atoms with Gasteiger partial charge < -0.3 is 4.52 Å². The Balaban J connectivity index is 1.81. The fourth-order valence-electron chi connectivity index (χ4n) is 1.95. The number of pyridine rings is 1. The highest BCUT2D eigenvalue weighted by atomic mass is 32.1. The summed E-state index contributed by atoms with van der Waals surface area (Å²) in [7, 11) is 0. The number of thiazole rings is 1. The fraction of sp³-hybridized carbons (Fsp3) is 0.143. The van der Waals surface area contributed by atoms with E-state index in [0.29, 0.717) is 22.1 Å². The minimum Gasteiger partial charge on any atom is -0.361 e. The summed E-state index contributed by atoms with van der Waals surface area (Å²) in [4.78, 5) is 20.6. The van der Waals surface area contributed by atoms with E-state index in [1.807, 2.05) is 17.5 Å². The van der Waals surface area contributed by atoms with Crippen LogP contribution in [0.2, 0.25) is 0 Å². The Bertz CT molecular complexity index is 760. The molecule has 1 amide bonds. The van der Waals surface area contributed by atoms with E-state index < -0.39 is 0 Å². The Kier molecular flexibility index (Phi) is 3.49. The lowest BCUT2D eigenvalue weighted by molar-refractivity contribution is 0.102. The van der Waals surface area contributed by atoms with Crippen LogP contribution in [0.4, 0.5) is 5.13 Å². The normalized spacial score (nSPS) is 10.6. The Hall–Kier alpha value is -2.54. The Morgan fingerprint density at radius 1 is 1.29 bits per heavy atom. The first-order valence-electron chi connectivity index (χ1n) is 6.25. The first-order chi connectivity index (χ1) is 10.1. The maximum atomic E-state index is 12.2. The predicted molar refractivity (Wildman–Crippen MR) is 79.3 cm³/mol.